The lowest BCUT2D eigenvalue weighted by Gasteiger charge is -2.09. The van der Waals surface area contributed by atoms with Crippen LogP contribution in [0.2, 0.25) is 0 Å². The standard InChI is InChI=1S/C18H21F2N5O3S/c19-17(20)28-13-5-1-11(2-6-13)9-22-15(27)10-29-18-24-23-16(12-3-4-12)25(18)8-7-14(21)26/h1-2,5-6,12,17H,3-4,7-10H2,(H2,21,26)(H,22,27). The molecule has 2 amide bonds. The van der Waals surface area contributed by atoms with E-state index in [1.807, 2.05) is 4.57 Å². The van der Waals surface area contributed by atoms with Gasteiger partial charge < -0.3 is 20.4 Å². The van der Waals surface area contributed by atoms with Crippen molar-refractivity contribution in [3.05, 3.63) is 35.7 Å². The zero-order chi connectivity index (χ0) is 20.8. The van der Waals surface area contributed by atoms with Crippen LogP contribution in [0.5, 0.6) is 5.75 Å². The van der Waals surface area contributed by atoms with Crippen molar-refractivity contribution >= 4 is 23.6 Å². The summed E-state index contributed by atoms with van der Waals surface area (Å²) in [5.74, 6) is 0.772. The summed E-state index contributed by atoms with van der Waals surface area (Å²) < 4.78 is 30.4. The van der Waals surface area contributed by atoms with Crippen LogP contribution < -0.4 is 15.8 Å². The number of aromatic nitrogens is 3. The lowest BCUT2D eigenvalue weighted by atomic mass is 10.2. The molecule has 0 spiro atoms. The number of primary amides is 1. The van der Waals surface area contributed by atoms with Crippen molar-refractivity contribution in [2.75, 3.05) is 5.75 Å². The van der Waals surface area contributed by atoms with Crippen LogP contribution in [0.25, 0.3) is 0 Å². The molecule has 8 nitrogen and oxygen atoms in total. The summed E-state index contributed by atoms with van der Waals surface area (Å²) in [6.07, 6.45) is 2.27. The first-order valence-corrected chi connectivity index (χ1v) is 10.1. The summed E-state index contributed by atoms with van der Waals surface area (Å²) in [5, 5.41) is 11.7. The fourth-order valence-electron chi connectivity index (χ4n) is 2.65. The molecule has 1 fully saturated rings. The molecule has 1 saturated carbocycles. The second-order valence-corrected chi connectivity index (χ2v) is 7.51. The molecule has 0 bridgehead atoms. The number of carbonyl (C=O) groups excluding carboxylic acids is 2. The molecule has 1 aliphatic rings. The number of halogens is 2. The lowest BCUT2D eigenvalue weighted by molar-refractivity contribution is -0.119. The third kappa shape index (κ3) is 6.41. The molecule has 0 aliphatic heterocycles. The van der Waals surface area contributed by atoms with E-state index in [4.69, 9.17) is 5.73 Å². The van der Waals surface area contributed by atoms with Gasteiger partial charge >= 0.3 is 6.61 Å². The Labute approximate surface area is 170 Å². The Bertz CT molecular complexity index is 856. The Morgan fingerprint density at radius 3 is 2.62 bits per heavy atom. The monoisotopic (exact) mass is 425 g/mol. The highest BCUT2D eigenvalue weighted by Gasteiger charge is 2.30. The Morgan fingerprint density at radius 1 is 1.28 bits per heavy atom. The number of thioether (sulfide) groups is 1. The van der Waals surface area contributed by atoms with Crippen LogP contribution in [0.1, 0.15) is 36.6 Å². The molecule has 3 rings (SSSR count). The number of ether oxygens (including phenoxy) is 1. The van der Waals surface area contributed by atoms with Crippen molar-refractivity contribution in [3.63, 3.8) is 0 Å². The fraction of sp³-hybridized carbons (Fsp3) is 0.444. The number of benzene rings is 1. The van der Waals surface area contributed by atoms with E-state index in [1.165, 1.54) is 23.9 Å². The second kappa shape index (κ2) is 9.68. The second-order valence-electron chi connectivity index (χ2n) is 6.57. The highest BCUT2D eigenvalue weighted by molar-refractivity contribution is 7.99. The first-order valence-electron chi connectivity index (χ1n) is 9.07. The number of amides is 2. The molecule has 11 heteroatoms. The number of nitrogens with one attached hydrogen (secondary N) is 1. The van der Waals surface area contributed by atoms with E-state index in [0.717, 1.165) is 24.2 Å². The van der Waals surface area contributed by atoms with Crippen LogP contribution >= 0.6 is 11.8 Å². The molecule has 0 saturated heterocycles. The molecule has 0 unspecified atom stereocenters. The average molecular weight is 425 g/mol. The van der Waals surface area contributed by atoms with Crippen molar-refractivity contribution in [1.82, 2.24) is 20.1 Å². The Morgan fingerprint density at radius 2 is 2.00 bits per heavy atom. The molecule has 0 atom stereocenters. The predicted octanol–water partition coefficient (Wildman–Crippen LogP) is 2.04. The number of alkyl halides is 2. The number of hydrogen-bond acceptors (Lipinski definition) is 6. The summed E-state index contributed by atoms with van der Waals surface area (Å²) in [6, 6.07) is 6.05. The van der Waals surface area contributed by atoms with Gasteiger partial charge in [0.1, 0.15) is 11.6 Å². The van der Waals surface area contributed by atoms with Gasteiger partial charge in [-0.15, -0.1) is 10.2 Å². The molecule has 156 valence electrons. The highest BCUT2D eigenvalue weighted by Crippen LogP contribution is 2.40. The smallest absolute Gasteiger partial charge is 0.387 e. The molecule has 1 aliphatic carbocycles. The van der Waals surface area contributed by atoms with E-state index in [0.29, 0.717) is 17.6 Å². The summed E-state index contributed by atoms with van der Waals surface area (Å²) in [5.41, 5.74) is 6.00. The molecule has 1 aromatic carbocycles. The van der Waals surface area contributed by atoms with Crippen molar-refractivity contribution in [2.45, 2.75) is 50.0 Å². The van der Waals surface area contributed by atoms with Gasteiger partial charge in [-0.25, -0.2) is 0 Å². The SMILES string of the molecule is NC(=O)CCn1c(SCC(=O)NCc2ccc(OC(F)F)cc2)nnc1C1CC1. The molecule has 2 aromatic rings. The molecule has 1 heterocycles. The average Bonchev–Trinajstić information content (AvgIpc) is 3.44. The third-order valence-corrected chi connectivity index (χ3v) is 5.21. The van der Waals surface area contributed by atoms with Crippen molar-refractivity contribution in [2.24, 2.45) is 5.73 Å². The van der Waals surface area contributed by atoms with E-state index in [1.54, 1.807) is 12.1 Å². The van der Waals surface area contributed by atoms with Crippen LogP contribution in [0, 0.1) is 0 Å². The van der Waals surface area contributed by atoms with Gasteiger partial charge in [0.25, 0.3) is 0 Å². The summed E-state index contributed by atoms with van der Waals surface area (Å²) >= 11 is 1.24. The van der Waals surface area contributed by atoms with Gasteiger partial charge in [-0.1, -0.05) is 23.9 Å². The van der Waals surface area contributed by atoms with Crippen molar-refractivity contribution in [3.8, 4) is 5.75 Å². The summed E-state index contributed by atoms with van der Waals surface area (Å²) in [7, 11) is 0. The lowest BCUT2D eigenvalue weighted by Crippen LogP contribution is -2.24. The highest BCUT2D eigenvalue weighted by atomic mass is 32.2. The Balaban J connectivity index is 1.49. The van der Waals surface area contributed by atoms with Crippen LogP contribution in [0.4, 0.5) is 8.78 Å². The first-order chi connectivity index (χ1) is 13.9. The van der Waals surface area contributed by atoms with Gasteiger partial charge in [-0.05, 0) is 30.5 Å². The minimum Gasteiger partial charge on any atom is -0.435 e. The van der Waals surface area contributed by atoms with Crippen molar-refractivity contribution in [1.29, 1.82) is 0 Å². The van der Waals surface area contributed by atoms with Gasteiger partial charge in [0, 0.05) is 25.4 Å². The van der Waals surface area contributed by atoms with Crippen molar-refractivity contribution < 1.29 is 23.1 Å². The van der Waals surface area contributed by atoms with Crippen LogP contribution in [-0.2, 0) is 22.7 Å². The minimum atomic E-state index is -2.87. The fourth-order valence-corrected chi connectivity index (χ4v) is 3.45. The topological polar surface area (TPSA) is 112 Å². The maximum absolute atomic E-state index is 12.1. The number of nitrogens with two attached hydrogens (primary N) is 1. The van der Waals surface area contributed by atoms with E-state index in [9.17, 15) is 18.4 Å². The molecule has 3 N–H and O–H groups in total. The molecule has 0 radical (unpaired) electrons. The van der Waals surface area contributed by atoms with E-state index >= 15 is 0 Å². The van der Waals surface area contributed by atoms with E-state index in [-0.39, 0.29) is 30.4 Å². The van der Waals surface area contributed by atoms with Gasteiger partial charge in [-0.2, -0.15) is 8.78 Å². The first kappa shape index (κ1) is 21.0. The van der Waals surface area contributed by atoms with Gasteiger partial charge in [0.15, 0.2) is 5.16 Å². The maximum Gasteiger partial charge on any atom is 0.387 e. The van der Waals surface area contributed by atoms with Gasteiger partial charge in [-0.3, -0.25) is 9.59 Å². The van der Waals surface area contributed by atoms with E-state index in [2.05, 4.69) is 20.3 Å². The number of hydrogen-bond donors (Lipinski definition) is 2. The number of carbonyl (C=O) groups is 2. The Hall–Kier alpha value is -2.69. The number of rotatable bonds is 11. The van der Waals surface area contributed by atoms with Crippen LogP contribution in [-0.4, -0.2) is 38.9 Å². The zero-order valence-electron chi connectivity index (χ0n) is 15.5. The molecular formula is C18H21F2N5O3S. The Kier molecular flexibility index (Phi) is 7.02. The normalized spacial score (nSPS) is 13.5. The summed E-state index contributed by atoms with van der Waals surface area (Å²) in [6.45, 7) is -2.22. The minimum absolute atomic E-state index is 0.0624. The third-order valence-electron chi connectivity index (χ3n) is 4.24. The van der Waals surface area contributed by atoms with Gasteiger partial charge in [0.2, 0.25) is 11.8 Å². The molecule has 29 heavy (non-hydrogen) atoms. The quantitative estimate of drug-likeness (QED) is 0.533. The molecule has 1 aromatic heterocycles. The van der Waals surface area contributed by atoms with Crippen LogP contribution in [0.3, 0.4) is 0 Å². The predicted molar refractivity (Wildman–Crippen MR) is 101 cm³/mol. The zero-order valence-corrected chi connectivity index (χ0v) is 16.3. The van der Waals surface area contributed by atoms with E-state index < -0.39 is 12.5 Å². The van der Waals surface area contributed by atoms with Crippen LogP contribution in [0.15, 0.2) is 29.4 Å². The van der Waals surface area contributed by atoms with Gasteiger partial charge in [0.05, 0.1) is 5.75 Å². The number of nitrogens with zero attached hydrogens (tertiary/aromatic N) is 3. The maximum atomic E-state index is 12.1. The largest absolute Gasteiger partial charge is 0.435 e. The summed E-state index contributed by atoms with van der Waals surface area (Å²) in [4.78, 5) is 23.3. The molecular weight excluding hydrogens is 404 g/mol.